The lowest BCUT2D eigenvalue weighted by Crippen LogP contribution is -2.10. The topological polar surface area (TPSA) is 48.1 Å². The quantitative estimate of drug-likeness (QED) is 0.655. The third kappa shape index (κ3) is 2.53. The molecule has 2 N–H and O–H groups in total. The van der Waals surface area contributed by atoms with Crippen molar-refractivity contribution in [2.75, 3.05) is 7.11 Å². The minimum Gasteiger partial charge on any atom is -0.473 e. The lowest BCUT2D eigenvalue weighted by Gasteiger charge is -1.87. The Bertz CT molecular complexity index is 308. The van der Waals surface area contributed by atoms with E-state index in [0.29, 0.717) is 10.9 Å². The van der Waals surface area contributed by atoms with E-state index in [4.69, 9.17) is 10.5 Å². The first-order valence-corrected chi connectivity index (χ1v) is 4.37. The van der Waals surface area contributed by atoms with E-state index in [-0.39, 0.29) is 6.04 Å². The summed E-state index contributed by atoms with van der Waals surface area (Å²) in [4.78, 5) is 4.07. The zero-order chi connectivity index (χ0) is 8.97. The molecule has 1 heterocycles. The van der Waals surface area contributed by atoms with Gasteiger partial charge in [-0.2, -0.15) is 4.98 Å². The van der Waals surface area contributed by atoms with Crippen LogP contribution < -0.4 is 10.5 Å². The van der Waals surface area contributed by atoms with Crippen molar-refractivity contribution in [2.45, 2.75) is 13.0 Å². The molecule has 0 aliphatic rings. The minimum absolute atomic E-state index is 0.113. The van der Waals surface area contributed by atoms with E-state index in [2.05, 4.69) is 16.8 Å². The zero-order valence-corrected chi connectivity index (χ0v) is 7.81. The summed E-state index contributed by atoms with van der Waals surface area (Å²) < 4.78 is 4.91. The Hall–Kier alpha value is -1.05. The van der Waals surface area contributed by atoms with Gasteiger partial charge >= 0.3 is 0 Å². The van der Waals surface area contributed by atoms with Gasteiger partial charge in [-0.25, -0.2) is 0 Å². The van der Waals surface area contributed by atoms with Gasteiger partial charge in [0, 0.05) is 5.38 Å². The van der Waals surface area contributed by atoms with Crippen LogP contribution in [-0.4, -0.2) is 18.1 Å². The average Bonchev–Trinajstić information content (AvgIpc) is 2.48. The van der Waals surface area contributed by atoms with Crippen LogP contribution in [-0.2, 0) is 0 Å². The van der Waals surface area contributed by atoms with Crippen molar-refractivity contribution >= 4 is 11.3 Å². The van der Waals surface area contributed by atoms with Gasteiger partial charge in [0.1, 0.15) is 5.69 Å². The summed E-state index contributed by atoms with van der Waals surface area (Å²) >= 11 is 1.42. The first kappa shape index (κ1) is 9.04. The summed E-state index contributed by atoms with van der Waals surface area (Å²) in [6.45, 7) is 1.83. The van der Waals surface area contributed by atoms with Crippen molar-refractivity contribution < 1.29 is 4.74 Å². The van der Waals surface area contributed by atoms with E-state index < -0.39 is 0 Å². The number of ether oxygens (including phenoxy) is 1. The molecule has 1 aromatic rings. The minimum atomic E-state index is -0.113. The molecule has 0 aromatic carbocycles. The molecule has 64 valence electrons. The molecule has 0 fully saturated rings. The molecular formula is C8H10N2OS. The van der Waals surface area contributed by atoms with Crippen LogP contribution in [0.1, 0.15) is 12.6 Å². The number of rotatable bonds is 1. The number of nitrogens with two attached hydrogens (primary N) is 1. The summed E-state index contributed by atoms with van der Waals surface area (Å²) in [6, 6.07) is -0.113. The molecule has 1 aromatic heterocycles. The van der Waals surface area contributed by atoms with Gasteiger partial charge in [0.05, 0.1) is 13.2 Å². The van der Waals surface area contributed by atoms with Gasteiger partial charge in [0.25, 0.3) is 5.19 Å². The Morgan fingerprint density at radius 2 is 2.50 bits per heavy atom. The fourth-order valence-electron chi connectivity index (χ4n) is 0.596. The molecule has 0 radical (unpaired) electrons. The lowest BCUT2D eigenvalue weighted by molar-refractivity contribution is 0.411. The maximum absolute atomic E-state index is 5.45. The maximum atomic E-state index is 5.45. The number of nitrogens with zero attached hydrogens (tertiary/aromatic N) is 1. The van der Waals surface area contributed by atoms with Crippen molar-refractivity contribution in [1.29, 1.82) is 0 Å². The summed E-state index contributed by atoms with van der Waals surface area (Å²) in [5.41, 5.74) is 6.17. The molecule has 0 bridgehead atoms. The highest BCUT2D eigenvalue weighted by molar-refractivity contribution is 7.11. The lowest BCUT2D eigenvalue weighted by atomic mass is 10.3. The molecular weight excluding hydrogens is 172 g/mol. The van der Waals surface area contributed by atoms with Crippen LogP contribution in [0, 0.1) is 11.8 Å². The van der Waals surface area contributed by atoms with Gasteiger partial charge in [-0.1, -0.05) is 17.3 Å². The van der Waals surface area contributed by atoms with Crippen molar-refractivity contribution in [2.24, 2.45) is 5.73 Å². The van der Waals surface area contributed by atoms with Crippen molar-refractivity contribution in [3.05, 3.63) is 11.1 Å². The standard InChI is InChI=1S/C8H10N2OS/c1-6(9)3-4-7-5-12-8(10-7)11-2/h5-6H,9H2,1-2H3. The second kappa shape index (κ2) is 4.10. The summed E-state index contributed by atoms with van der Waals surface area (Å²) in [5.74, 6) is 5.66. The second-order valence-electron chi connectivity index (χ2n) is 2.26. The van der Waals surface area contributed by atoms with Crippen LogP contribution in [0.15, 0.2) is 5.38 Å². The van der Waals surface area contributed by atoms with Crippen molar-refractivity contribution in [3.63, 3.8) is 0 Å². The van der Waals surface area contributed by atoms with Crippen LogP contribution in [0.25, 0.3) is 0 Å². The largest absolute Gasteiger partial charge is 0.473 e. The van der Waals surface area contributed by atoms with E-state index >= 15 is 0 Å². The smallest absolute Gasteiger partial charge is 0.274 e. The van der Waals surface area contributed by atoms with Gasteiger partial charge in [0.2, 0.25) is 0 Å². The molecule has 0 aliphatic carbocycles. The normalized spacial score (nSPS) is 11.6. The van der Waals surface area contributed by atoms with Crippen molar-refractivity contribution in [3.8, 4) is 17.0 Å². The summed E-state index contributed by atoms with van der Waals surface area (Å²) in [7, 11) is 1.58. The predicted octanol–water partition coefficient (Wildman–Crippen LogP) is 0.850. The predicted molar refractivity (Wildman–Crippen MR) is 49.2 cm³/mol. The third-order valence-corrected chi connectivity index (χ3v) is 1.89. The van der Waals surface area contributed by atoms with Gasteiger partial charge < -0.3 is 10.5 Å². The van der Waals surface area contributed by atoms with Crippen LogP contribution in [0.4, 0.5) is 0 Å². The SMILES string of the molecule is COc1nc(C#CC(C)N)cs1. The molecule has 1 atom stereocenters. The Labute approximate surface area is 75.6 Å². The van der Waals surface area contributed by atoms with Gasteiger partial charge in [-0.05, 0) is 12.8 Å². The Balaban J connectivity index is 2.72. The van der Waals surface area contributed by atoms with Crippen LogP contribution in [0.5, 0.6) is 5.19 Å². The fourth-order valence-corrected chi connectivity index (χ4v) is 1.17. The van der Waals surface area contributed by atoms with Gasteiger partial charge in [0.15, 0.2) is 0 Å². The molecule has 0 amide bonds. The third-order valence-electron chi connectivity index (χ3n) is 1.09. The number of aromatic nitrogens is 1. The van der Waals surface area contributed by atoms with E-state index in [1.807, 2.05) is 12.3 Å². The molecule has 0 aliphatic heterocycles. The Morgan fingerprint density at radius 3 is 3.00 bits per heavy atom. The summed E-state index contributed by atoms with van der Waals surface area (Å²) in [5, 5.41) is 2.47. The van der Waals surface area contributed by atoms with E-state index in [1.54, 1.807) is 7.11 Å². The summed E-state index contributed by atoms with van der Waals surface area (Å²) in [6.07, 6.45) is 0. The average molecular weight is 182 g/mol. The maximum Gasteiger partial charge on any atom is 0.274 e. The first-order chi connectivity index (χ1) is 5.72. The molecule has 4 heteroatoms. The highest BCUT2D eigenvalue weighted by atomic mass is 32.1. The zero-order valence-electron chi connectivity index (χ0n) is 7.00. The van der Waals surface area contributed by atoms with Crippen molar-refractivity contribution in [1.82, 2.24) is 4.98 Å². The van der Waals surface area contributed by atoms with Gasteiger partial charge in [-0.15, -0.1) is 0 Å². The molecule has 1 rings (SSSR count). The van der Waals surface area contributed by atoms with Crippen LogP contribution >= 0.6 is 11.3 Å². The molecule has 0 saturated heterocycles. The number of hydrogen-bond acceptors (Lipinski definition) is 4. The molecule has 0 spiro atoms. The monoisotopic (exact) mass is 182 g/mol. The molecule has 12 heavy (non-hydrogen) atoms. The Kier molecular flexibility index (Phi) is 3.09. The number of thiazole rings is 1. The van der Waals surface area contributed by atoms with Crippen LogP contribution in [0.2, 0.25) is 0 Å². The van der Waals surface area contributed by atoms with E-state index in [9.17, 15) is 0 Å². The Morgan fingerprint density at radius 1 is 1.75 bits per heavy atom. The highest BCUT2D eigenvalue weighted by Gasteiger charge is 1.96. The van der Waals surface area contributed by atoms with Crippen LogP contribution in [0.3, 0.4) is 0 Å². The van der Waals surface area contributed by atoms with E-state index in [1.165, 1.54) is 11.3 Å². The second-order valence-corrected chi connectivity index (χ2v) is 3.08. The molecule has 0 saturated carbocycles. The molecule has 3 nitrogen and oxygen atoms in total. The number of methoxy groups -OCH3 is 1. The van der Waals surface area contributed by atoms with Gasteiger partial charge in [-0.3, -0.25) is 0 Å². The fraction of sp³-hybridized carbons (Fsp3) is 0.375. The highest BCUT2D eigenvalue weighted by Crippen LogP contribution is 2.15. The van der Waals surface area contributed by atoms with E-state index in [0.717, 1.165) is 0 Å². The number of hydrogen-bond donors (Lipinski definition) is 1. The molecule has 1 unspecified atom stereocenters. The first-order valence-electron chi connectivity index (χ1n) is 3.49.